The Labute approximate surface area is 104 Å². The Morgan fingerprint density at radius 3 is 2.65 bits per heavy atom. The maximum Gasteiger partial charge on any atom is 0.0498 e. The van der Waals surface area contributed by atoms with Crippen LogP contribution in [0.4, 0.5) is 0 Å². The minimum atomic E-state index is 0.135. The Morgan fingerprint density at radius 2 is 2.06 bits per heavy atom. The van der Waals surface area contributed by atoms with Crippen LogP contribution in [0.25, 0.3) is 0 Å². The molecule has 0 fully saturated rings. The second-order valence-electron chi connectivity index (χ2n) is 4.66. The van der Waals surface area contributed by atoms with Crippen molar-refractivity contribution in [3.05, 3.63) is 35.9 Å². The van der Waals surface area contributed by atoms with Gasteiger partial charge in [0.25, 0.3) is 0 Å². The second kappa shape index (κ2) is 5.19. The van der Waals surface area contributed by atoms with Gasteiger partial charge in [0.2, 0.25) is 0 Å². The smallest absolute Gasteiger partial charge is 0.0498 e. The molecule has 0 saturated carbocycles. The highest BCUT2D eigenvalue weighted by atomic mass is 14.8. The van der Waals surface area contributed by atoms with Crippen molar-refractivity contribution in [1.82, 2.24) is 0 Å². The van der Waals surface area contributed by atoms with Crippen molar-refractivity contribution >= 4 is 5.71 Å². The van der Waals surface area contributed by atoms with E-state index in [1.807, 2.05) is 6.92 Å². The zero-order valence-electron chi connectivity index (χ0n) is 10.7. The van der Waals surface area contributed by atoms with Gasteiger partial charge in [-0.15, -0.1) is 11.8 Å². The average molecular weight is 225 g/mol. The topological polar surface area (TPSA) is 12.4 Å². The van der Waals surface area contributed by atoms with Crippen LogP contribution >= 0.6 is 0 Å². The van der Waals surface area contributed by atoms with Crippen molar-refractivity contribution in [2.45, 2.75) is 38.5 Å². The quantitative estimate of drug-likeness (QED) is 0.697. The van der Waals surface area contributed by atoms with Gasteiger partial charge in [-0.25, -0.2) is 0 Å². The Kier molecular flexibility index (Phi) is 3.64. The number of hydrogen-bond donors (Lipinski definition) is 0. The summed E-state index contributed by atoms with van der Waals surface area (Å²) in [6.07, 6.45) is 3.05. The summed E-state index contributed by atoms with van der Waals surface area (Å²) in [5.74, 6) is 6.27. The summed E-state index contributed by atoms with van der Waals surface area (Å²) in [6.45, 7) is 5.00. The fourth-order valence-electron chi connectivity index (χ4n) is 2.47. The van der Waals surface area contributed by atoms with Crippen LogP contribution < -0.4 is 0 Å². The molecule has 1 heterocycles. The Balaban J connectivity index is 2.29. The molecule has 0 N–H and O–H groups in total. The van der Waals surface area contributed by atoms with Gasteiger partial charge in [0.05, 0.1) is 0 Å². The van der Waals surface area contributed by atoms with Gasteiger partial charge in [0.1, 0.15) is 0 Å². The molecule has 1 aliphatic rings. The first-order valence-corrected chi connectivity index (χ1v) is 6.28. The lowest BCUT2D eigenvalue weighted by molar-refractivity contribution is 0.493. The number of benzene rings is 1. The van der Waals surface area contributed by atoms with Crippen molar-refractivity contribution < 1.29 is 0 Å². The van der Waals surface area contributed by atoms with Gasteiger partial charge in [-0.2, -0.15) is 0 Å². The van der Waals surface area contributed by atoms with E-state index in [2.05, 4.69) is 54.1 Å². The maximum absolute atomic E-state index is 4.69. The fourth-order valence-corrected chi connectivity index (χ4v) is 2.47. The molecule has 0 amide bonds. The predicted octanol–water partition coefficient (Wildman–Crippen LogP) is 3.59. The van der Waals surface area contributed by atoms with Crippen molar-refractivity contribution in [3.8, 4) is 11.8 Å². The van der Waals surface area contributed by atoms with Gasteiger partial charge in [-0.1, -0.05) is 37.3 Å². The molecule has 1 nitrogen and oxygen atoms in total. The van der Waals surface area contributed by atoms with E-state index in [0.29, 0.717) is 0 Å². The van der Waals surface area contributed by atoms with Gasteiger partial charge in [-0.3, -0.25) is 4.99 Å². The van der Waals surface area contributed by atoms with E-state index in [4.69, 9.17) is 0 Å². The second-order valence-corrected chi connectivity index (χ2v) is 4.66. The lowest BCUT2D eigenvalue weighted by Crippen LogP contribution is -2.27. The molecule has 0 saturated heterocycles. The van der Waals surface area contributed by atoms with Gasteiger partial charge in [-0.05, 0) is 25.3 Å². The minimum absolute atomic E-state index is 0.135. The molecule has 2 rings (SSSR count). The summed E-state index contributed by atoms with van der Waals surface area (Å²) in [4.78, 5) is 4.69. The van der Waals surface area contributed by atoms with Crippen LogP contribution in [0.3, 0.4) is 0 Å². The molecule has 1 aliphatic heterocycles. The van der Waals surface area contributed by atoms with E-state index in [1.165, 1.54) is 11.3 Å². The number of aliphatic imine (C=N–C) groups is 1. The molecule has 1 heteroatoms. The number of nitrogens with zero attached hydrogens (tertiary/aromatic N) is 1. The maximum atomic E-state index is 4.69. The zero-order valence-corrected chi connectivity index (χ0v) is 10.7. The number of hydrogen-bond acceptors (Lipinski definition) is 1. The summed E-state index contributed by atoms with van der Waals surface area (Å²) >= 11 is 0. The molecule has 0 radical (unpaired) electrons. The first kappa shape index (κ1) is 11.9. The third kappa shape index (κ3) is 2.42. The third-order valence-corrected chi connectivity index (χ3v) is 3.55. The van der Waals surface area contributed by atoms with E-state index in [-0.39, 0.29) is 5.41 Å². The van der Waals surface area contributed by atoms with Crippen LogP contribution in [-0.2, 0) is 5.41 Å². The molecular weight excluding hydrogens is 206 g/mol. The molecule has 1 aromatic rings. The van der Waals surface area contributed by atoms with Crippen molar-refractivity contribution in [2.75, 3.05) is 6.54 Å². The van der Waals surface area contributed by atoms with E-state index in [9.17, 15) is 0 Å². The summed E-state index contributed by atoms with van der Waals surface area (Å²) in [5, 5.41) is 0. The molecule has 1 unspecified atom stereocenters. The lowest BCUT2D eigenvalue weighted by atomic mass is 9.75. The Morgan fingerprint density at radius 1 is 1.29 bits per heavy atom. The normalized spacial score (nSPS) is 22.8. The lowest BCUT2D eigenvalue weighted by Gasteiger charge is -2.26. The predicted molar refractivity (Wildman–Crippen MR) is 73.4 cm³/mol. The van der Waals surface area contributed by atoms with Crippen LogP contribution in [0.1, 0.15) is 38.7 Å². The van der Waals surface area contributed by atoms with E-state index in [0.717, 1.165) is 25.8 Å². The largest absolute Gasteiger partial charge is 0.293 e. The van der Waals surface area contributed by atoms with Crippen molar-refractivity contribution in [2.24, 2.45) is 4.99 Å². The summed E-state index contributed by atoms with van der Waals surface area (Å²) in [6, 6.07) is 10.7. The highest BCUT2D eigenvalue weighted by Gasteiger charge is 2.36. The average Bonchev–Trinajstić information content (AvgIpc) is 2.82. The van der Waals surface area contributed by atoms with Crippen LogP contribution in [-0.4, -0.2) is 12.3 Å². The van der Waals surface area contributed by atoms with E-state index >= 15 is 0 Å². The Hall–Kier alpha value is -1.55. The Bertz CT molecular complexity index is 461. The molecule has 1 atom stereocenters. The first-order valence-electron chi connectivity index (χ1n) is 6.28. The van der Waals surface area contributed by atoms with Gasteiger partial charge in [0.15, 0.2) is 0 Å². The van der Waals surface area contributed by atoms with Crippen LogP contribution in [0.15, 0.2) is 35.3 Å². The molecule has 0 spiro atoms. The van der Waals surface area contributed by atoms with E-state index in [1.54, 1.807) is 0 Å². The molecular formula is C16H19N. The van der Waals surface area contributed by atoms with Gasteiger partial charge in [0, 0.05) is 24.1 Å². The summed E-state index contributed by atoms with van der Waals surface area (Å²) < 4.78 is 0. The molecule has 0 bridgehead atoms. The van der Waals surface area contributed by atoms with Crippen molar-refractivity contribution in [1.29, 1.82) is 0 Å². The van der Waals surface area contributed by atoms with Crippen LogP contribution in [0, 0.1) is 11.8 Å². The molecule has 0 aromatic heterocycles. The highest BCUT2D eigenvalue weighted by Crippen LogP contribution is 2.36. The summed E-state index contributed by atoms with van der Waals surface area (Å²) in [5.41, 5.74) is 2.86. The molecule has 17 heavy (non-hydrogen) atoms. The molecule has 1 aromatic carbocycles. The van der Waals surface area contributed by atoms with E-state index < -0.39 is 0 Å². The monoisotopic (exact) mass is 225 g/mol. The summed E-state index contributed by atoms with van der Waals surface area (Å²) in [7, 11) is 0. The SMILES string of the molecule is CC#CCC1(c2ccccc2)CN=C(CC)C1. The standard InChI is InChI=1S/C16H19N/c1-3-5-11-16(12-15(4-2)17-13-16)14-9-7-6-8-10-14/h6-10H,4,11-13H2,1-2H3. The molecule has 88 valence electrons. The zero-order chi connectivity index (χ0) is 12.1. The van der Waals surface area contributed by atoms with Gasteiger partial charge >= 0.3 is 0 Å². The van der Waals surface area contributed by atoms with Crippen LogP contribution in [0.5, 0.6) is 0 Å². The first-order chi connectivity index (χ1) is 8.30. The highest BCUT2D eigenvalue weighted by molar-refractivity contribution is 5.87. The third-order valence-electron chi connectivity index (χ3n) is 3.55. The fraction of sp³-hybridized carbons (Fsp3) is 0.438. The molecule has 0 aliphatic carbocycles. The minimum Gasteiger partial charge on any atom is -0.293 e. The van der Waals surface area contributed by atoms with Crippen molar-refractivity contribution in [3.63, 3.8) is 0 Å². The van der Waals surface area contributed by atoms with Gasteiger partial charge < -0.3 is 0 Å². The van der Waals surface area contributed by atoms with Crippen LogP contribution in [0.2, 0.25) is 0 Å². The number of rotatable bonds is 3.